The lowest BCUT2D eigenvalue weighted by Crippen LogP contribution is -2.08. The largest absolute Gasteiger partial charge is 0.487 e. The molecule has 0 fully saturated rings. The average molecular weight is 372 g/mol. The van der Waals surface area contributed by atoms with Gasteiger partial charge in [0, 0.05) is 5.02 Å². The Morgan fingerprint density at radius 2 is 1.74 bits per heavy atom. The molecule has 0 aliphatic carbocycles. The van der Waals surface area contributed by atoms with Gasteiger partial charge in [0.2, 0.25) is 5.24 Å². The Hall–Kier alpha value is -1.68. The van der Waals surface area contributed by atoms with Gasteiger partial charge in [0.1, 0.15) is 23.4 Å². The highest BCUT2D eigenvalue weighted by Gasteiger charge is 2.05. The molecule has 0 saturated carbocycles. The first-order valence-corrected chi connectivity index (χ1v) is 7.85. The van der Waals surface area contributed by atoms with Crippen molar-refractivity contribution in [3.8, 4) is 17.2 Å². The molecule has 1 atom stereocenters. The van der Waals surface area contributed by atoms with Crippen LogP contribution in [0.2, 0.25) is 10.0 Å². The molecule has 0 heterocycles. The third-order valence-corrected chi connectivity index (χ3v) is 3.42. The van der Waals surface area contributed by atoms with Crippen LogP contribution < -0.4 is 9.47 Å². The van der Waals surface area contributed by atoms with Crippen LogP contribution in [-0.4, -0.2) is 11.3 Å². The van der Waals surface area contributed by atoms with Crippen LogP contribution >= 0.6 is 34.8 Å². The van der Waals surface area contributed by atoms with Crippen molar-refractivity contribution in [1.82, 2.24) is 0 Å². The van der Waals surface area contributed by atoms with Crippen molar-refractivity contribution in [3.05, 3.63) is 64.7 Å². The molecule has 120 valence electrons. The van der Waals surface area contributed by atoms with E-state index in [0.29, 0.717) is 27.3 Å². The Bertz CT molecular complexity index is 712. The lowest BCUT2D eigenvalue weighted by molar-refractivity contribution is -0.107. The fourth-order valence-corrected chi connectivity index (χ4v) is 2.26. The van der Waals surface area contributed by atoms with E-state index in [-0.39, 0.29) is 6.10 Å². The quantitative estimate of drug-likeness (QED) is 0.470. The Kier molecular flexibility index (Phi) is 6.34. The second-order valence-corrected chi connectivity index (χ2v) is 5.85. The van der Waals surface area contributed by atoms with Crippen molar-refractivity contribution in [2.75, 3.05) is 0 Å². The van der Waals surface area contributed by atoms with E-state index in [0.717, 1.165) is 0 Å². The van der Waals surface area contributed by atoms with E-state index in [1.165, 1.54) is 6.08 Å². The van der Waals surface area contributed by atoms with Crippen LogP contribution in [-0.2, 0) is 4.79 Å². The first-order chi connectivity index (χ1) is 10.9. The monoisotopic (exact) mass is 370 g/mol. The zero-order chi connectivity index (χ0) is 16.8. The van der Waals surface area contributed by atoms with Gasteiger partial charge in [-0.1, -0.05) is 23.2 Å². The van der Waals surface area contributed by atoms with Crippen molar-refractivity contribution in [1.29, 1.82) is 0 Å². The Morgan fingerprint density at radius 3 is 2.35 bits per heavy atom. The van der Waals surface area contributed by atoms with Crippen LogP contribution in [0.4, 0.5) is 0 Å². The molecule has 0 spiro atoms. The molecular formula is C17H13Cl3O3. The summed E-state index contributed by atoms with van der Waals surface area (Å²) >= 11 is 17.1. The molecule has 0 bridgehead atoms. The molecule has 6 heteroatoms. The summed E-state index contributed by atoms with van der Waals surface area (Å²) in [5.41, 5.74) is 0. The molecule has 23 heavy (non-hydrogen) atoms. The number of hydrogen-bond acceptors (Lipinski definition) is 3. The first-order valence-electron chi connectivity index (χ1n) is 6.71. The summed E-state index contributed by atoms with van der Waals surface area (Å²) in [6.07, 6.45) is 2.55. The van der Waals surface area contributed by atoms with Gasteiger partial charge in [0.15, 0.2) is 0 Å². The third kappa shape index (κ3) is 5.79. The number of hydrogen-bond donors (Lipinski definition) is 0. The molecular weight excluding hydrogens is 359 g/mol. The second-order valence-electron chi connectivity index (χ2n) is 4.63. The summed E-state index contributed by atoms with van der Waals surface area (Å²) in [6.45, 7) is 1.80. The molecule has 0 aliphatic rings. The summed E-state index contributed by atoms with van der Waals surface area (Å²) in [6, 6.07) is 12.0. The topological polar surface area (TPSA) is 35.5 Å². The van der Waals surface area contributed by atoms with Gasteiger partial charge >= 0.3 is 0 Å². The highest BCUT2D eigenvalue weighted by Crippen LogP contribution is 2.32. The smallest absolute Gasteiger partial charge is 0.244 e. The number of carbonyl (C=O) groups is 1. The minimum atomic E-state index is -0.538. The van der Waals surface area contributed by atoms with Crippen LogP contribution in [0.5, 0.6) is 17.2 Å². The summed E-state index contributed by atoms with van der Waals surface area (Å²) < 4.78 is 11.3. The minimum absolute atomic E-state index is 0.282. The fourth-order valence-electron chi connectivity index (χ4n) is 1.74. The van der Waals surface area contributed by atoms with Gasteiger partial charge in [-0.2, -0.15) is 0 Å². The van der Waals surface area contributed by atoms with Crippen molar-refractivity contribution in [2.45, 2.75) is 13.0 Å². The van der Waals surface area contributed by atoms with E-state index in [1.54, 1.807) is 55.5 Å². The summed E-state index contributed by atoms with van der Waals surface area (Å²) in [4.78, 5) is 10.7. The highest BCUT2D eigenvalue weighted by molar-refractivity contribution is 6.66. The third-order valence-electron chi connectivity index (χ3n) is 2.77. The zero-order valence-corrected chi connectivity index (χ0v) is 14.4. The number of allylic oxidation sites excluding steroid dienone is 1. The molecule has 2 rings (SSSR count). The van der Waals surface area contributed by atoms with Crippen molar-refractivity contribution < 1.29 is 14.3 Å². The normalized spacial score (nSPS) is 12.2. The van der Waals surface area contributed by atoms with Crippen molar-refractivity contribution >= 4 is 40.0 Å². The molecule has 1 unspecified atom stereocenters. The van der Waals surface area contributed by atoms with Gasteiger partial charge in [0.25, 0.3) is 0 Å². The average Bonchev–Trinajstić information content (AvgIpc) is 2.50. The van der Waals surface area contributed by atoms with Crippen LogP contribution in [0.25, 0.3) is 0 Å². The van der Waals surface area contributed by atoms with E-state index >= 15 is 0 Å². The van der Waals surface area contributed by atoms with Gasteiger partial charge in [-0.3, -0.25) is 4.79 Å². The number of carbonyl (C=O) groups excluding carboxylic acids is 1. The highest BCUT2D eigenvalue weighted by atomic mass is 35.5. The summed E-state index contributed by atoms with van der Waals surface area (Å²) in [7, 11) is 0. The SMILES string of the molecule is CC(C=CC(=O)Cl)Oc1ccc(Oc2ccc(Cl)cc2Cl)cc1. The molecule has 0 radical (unpaired) electrons. The predicted molar refractivity (Wildman–Crippen MR) is 93.1 cm³/mol. The predicted octanol–water partition coefficient (Wildman–Crippen LogP) is 5.87. The Balaban J connectivity index is 2.00. The number of benzene rings is 2. The molecule has 0 N–H and O–H groups in total. The molecule has 0 amide bonds. The Labute approximate surface area is 149 Å². The lowest BCUT2D eigenvalue weighted by atomic mass is 10.3. The van der Waals surface area contributed by atoms with Crippen LogP contribution in [0.3, 0.4) is 0 Å². The van der Waals surface area contributed by atoms with Gasteiger partial charge in [-0.15, -0.1) is 0 Å². The molecule has 0 aliphatic heterocycles. The summed E-state index contributed by atoms with van der Waals surface area (Å²) in [5, 5.41) is 0.440. The van der Waals surface area contributed by atoms with Crippen LogP contribution in [0.1, 0.15) is 6.92 Å². The molecule has 2 aromatic carbocycles. The van der Waals surface area contributed by atoms with Crippen molar-refractivity contribution in [3.63, 3.8) is 0 Å². The number of ether oxygens (including phenoxy) is 2. The van der Waals surface area contributed by atoms with Crippen LogP contribution in [0, 0.1) is 0 Å². The maximum absolute atomic E-state index is 10.7. The fraction of sp³-hybridized carbons (Fsp3) is 0.118. The van der Waals surface area contributed by atoms with Gasteiger partial charge < -0.3 is 9.47 Å². The van der Waals surface area contributed by atoms with E-state index in [2.05, 4.69) is 0 Å². The molecule has 2 aromatic rings. The first kappa shape index (κ1) is 17.7. The van der Waals surface area contributed by atoms with Gasteiger partial charge in [0.05, 0.1) is 5.02 Å². The zero-order valence-electron chi connectivity index (χ0n) is 12.1. The minimum Gasteiger partial charge on any atom is -0.487 e. The summed E-state index contributed by atoms with van der Waals surface area (Å²) in [5.74, 6) is 1.76. The molecule has 3 nitrogen and oxygen atoms in total. The van der Waals surface area contributed by atoms with E-state index in [1.807, 2.05) is 0 Å². The molecule has 0 saturated heterocycles. The van der Waals surface area contributed by atoms with E-state index in [4.69, 9.17) is 44.3 Å². The second kappa shape index (κ2) is 8.25. The van der Waals surface area contributed by atoms with E-state index < -0.39 is 5.24 Å². The van der Waals surface area contributed by atoms with Crippen molar-refractivity contribution in [2.24, 2.45) is 0 Å². The Morgan fingerprint density at radius 1 is 1.09 bits per heavy atom. The maximum atomic E-state index is 10.7. The standard InChI is InChI=1S/C17H13Cl3O3/c1-11(2-9-17(20)21)22-13-4-6-14(7-5-13)23-16-8-3-12(18)10-15(16)19/h2-11H,1H3. The van der Waals surface area contributed by atoms with Crippen LogP contribution in [0.15, 0.2) is 54.6 Å². The number of rotatable bonds is 6. The van der Waals surface area contributed by atoms with Gasteiger partial charge in [-0.25, -0.2) is 0 Å². The van der Waals surface area contributed by atoms with E-state index in [9.17, 15) is 4.79 Å². The lowest BCUT2D eigenvalue weighted by Gasteiger charge is -2.12. The molecule has 0 aromatic heterocycles. The number of halogens is 3. The maximum Gasteiger partial charge on any atom is 0.244 e. The van der Waals surface area contributed by atoms with Gasteiger partial charge in [-0.05, 0) is 73.1 Å².